The summed E-state index contributed by atoms with van der Waals surface area (Å²) in [7, 11) is 0. The molecule has 212 valence electrons. The smallest absolute Gasteiger partial charge is 0.416 e. The van der Waals surface area contributed by atoms with Crippen molar-refractivity contribution in [3.8, 4) is 0 Å². The molecule has 5 rings (SSSR count). The lowest BCUT2D eigenvalue weighted by Gasteiger charge is -2.28. The van der Waals surface area contributed by atoms with Crippen LogP contribution in [-0.2, 0) is 25.3 Å². The van der Waals surface area contributed by atoms with Crippen molar-refractivity contribution in [1.29, 1.82) is 0 Å². The van der Waals surface area contributed by atoms with Gasteiger partial charge >= 0.3 is 12.1 Å². The zero-order valence-electron chi connectivity index (χ0n) is 21.5. The molecule has 0 radical (unpaired) electrons. The molecular formula is C30H24ClF3N2O5. The molecular weight excluding hydrogens is 561 g/mol. The molecule has 41 heavy (non-hydrogen) atoms. The lowest BCUT2D eigenvalue weighted by atomic mass is 9.73. The Morgan fingerprint density at radius 2 is 1.61 bits per heavy atom. The van der Waals surface area contributed by atoms with Crippen molar-refractivity contribution in [2.45, 2.75) is 31.4 Å². The van der Waals surface area contributed by atoms with E-state index in [1.807, 2.05) is 30.3 Å². The second-order valence-electron chi connectivity index (χ2n) is 10.0. The molecule has 0 aromatic heterocycles. The molecule has 11 heteroatoms. The summed E-state index contributed by atoms with van der Waals surface area (Å²) in [5.74, 6) is -2.87. The SMILES string of the molecule is O=C(COC(=O)c1ccc(N2C(=O)[C@@H]3CC[C@H](c4ccccc4)C[C@H]3C2=O)cc1)Nc1cc(C(F)(F)F)ccc1Cl. The van der Waals surface area contributed by atoms with Gasteiger partial charge in [0.05, 0.1) is 39.4 Å². The van der Waals surface area contributed by atoms with E-state index in [0.717, 1.165) is 24.1 Å². The van der Waals surface area contributed by atoms with Crippen LogP contribution in [0.4, 0.5) is 24.5 Å². The van der Waals surface area contributed by atoms with Crippen LogP contribution < -0.4 is 10.2 Å². The number of nitrogens with zero attached hydrogens (tertiary/aromatic N) is 1. The van der Waals surface area contributed by atoms with E-state index in [9.17, 15) is 32.3 Å². The summed E-state index contributed by atoms with van der Waals surface area (Å²) in [5.41, 5.74) is 0.263. The molecule has 0 bridgehead atoms. The molecule has 3 aromatic carbocycles. The van der Waals surface area contributed by atoms with Crippen LogP contribution in [0.3, 0.4) is 0 Å². The molecule has 0 unspecified atom stereocenters. The maximum absolute atomic E-state index is 13.3. The topological polar surface area (TPSA) is 92.8 Å². The summed E-state index contributed by atoms with van der Waals surface area (Å²) in [4.78, 5) is 52.2. The molecule has 0 spiro atoms. The molecule has 1 aliphatic carbocycles. The van der Waals surface area contributed by atoms with Gasteiger partial charge in [-0.25, -0.2) is 4.79 Å². The zero-order chi connectivity index (χ0) is 29.3. The van der Waals surface area contributed by atoms with Crippen LogP contribution in [-0.4, -0.2) is 30.3 Å². The highest BCUT2D eigenvalue weighted by molar-refractivity contribution is 6.33. The average molecular weight is 585 g/mol. The largest absolute Gasteiger partial charge is 0.452 e. The third kappa shape index (κ3) is 5.97. The number of ether oxygens (including phenoxy) is 1. The number of hydrogen-bond donors (Lipinski definition) is 1. The number of carbonyl (C=O) groups excluding carboxylic acids is 4. The maximum Gasteiger partial charge on any atom is 0.416 e. The van der Waals surface area contributed by atoms with E-state index >= 15 is 0 Å². The quantitative estimate of drug-likeness (QED) is 0.274. The minimum absolute atomic E-state index is 0.0549. The summed E-state index contributed by atoms with van der Waals surface area (Å²) >= 11 is 5.87. The first-order chi connectivity index (χ1) is 19.5. The summed E-state index contributed by atoms with van der Waals surface area (Å²) in [5, 5.41) is 2.08. The van der Waals surface area contributed by atoms with Gasteiger partial charge in [-0.3, -0.25) is 19.3 Å². The van der Waals surface area contributed by atoms with Crippen molar-refractivity contribution in [2.24, 2.45) is 11.8 Å². The monoisotopic (exact) mass is 584 g/mol. The van der Waals surface area contributed by atoms with Crippen LogP contribution >= 0.6 is 11.6 Å². The zero-order valence-corrected chi connectivity index (χ0v) is 22.2. The first-order valence-electron chi connectivity index (χ1n) is 12.9. The average Bonchev–Trinajstić information content (AvgIpc) is 3.21. The third-order valence-electron chi connectivity index (χ3n) is 7.46. The van der Waals surface area contributed by atoms with Gasteiger partial charge in [-0.2, -0.15) is 13.2 Å². The van der Waals surface area contributed by atoms with Crippen molar-refractivity contribution in [3.63, 3.8) is 0 Å². The summed E-state index contributed by atoms with van der Waals surface area (Å²) in [6.07, 6.45) is -2.61. The number of anilines is 2. The summed E-state index contributed by atoms with van der Waals surface area (Å²) < 4.78 is 43.8. The number of fused-ring (bicyclic) bond motifs is 1. The third-order valence-corrected chi connectivity index (χ3v) is 7.79. The Hall–Kier alpha value is -4.18. The Morgan fingerprint density at radius 1 is 0.927 bits per heavy atom. The number of amides is 3. The van der Waals surface area contributed by atoms with Gasteiger partial charge in [-0.15, -0.1) is 0 Å². The van der Waals surface area contributed by atoms with Gasteiger partial charge in [0.2, 0.25) is 11.8 Å². The van der Waals surface area contributed by atoms with E-state index < -0.39 is 36.1 Å². The van der Waals surface area contributed by atoms with E-state index in [1.165, 1.54) is 29.2 Å². The van der Waals surface area contributed by atoms with E-state index in [4.69, 9.17) is 16.3 Å². The van der Waals surface area contributed by atoms with Crippen LogP contribution in [0.5, 0.6) is 0 Å². The number of imide groups is 1. The van der Waals surface area contributed by atoms with Crippen LogP contribution in [0.1, 0.15) is 46.7 Å². The second kappa shape index (κ2) is 11.4. The maximum atomic E-state index is 13.3. The normalized spacial score (nSPS) is 20.5. The molecule has 7 nitrogen and oxygen atoms in total. The Balaban J connectivity index is 1.19. The highest BCUT2D eigenvalue weighted by Crippen LogP contribution is 2.45. The Kier molecular flexibility index (Phi) is 7.86. The Morgan fingerprint density at radius 3 is 2.29 bits per heavy atom. The van der Waals surface area contributed by atoms with Gasteiger partial charge in [0.1, 0.15) is 0 Å². The first kappa shape index (κ1) is 28.4. The molecule has 1 saturated carbocycles. The van der Waals surface area contributed by atoms with Crippen molar-refractivity contribution in [3.05, 3.63) is 94.5 Å². The van der Waals surface area contributed by atoms with Crippen LogP contribution in [0, 0.1) is 11.8 Å². The molecule has 2 fully saturated rings. The van der Waals surface area contributed by atoms with Gasteiger partial charge < -0.3 is 10.1 Å². The highest BCUT2D eigenvalue weighted by Gasteiger charge is 2.50. The van der Waals surface area contributed by atoms with Crippen LogP contribution in [0.25, 0.3) is 0 Å². The number of alkyl halides is 3. The predicted molar refractivity (Wildman–Crippen MR) is 144 cm³/mol. The van der Waals surface area contributed by atoms with Crippen molar-refractivity contribution in [1.82, 2.24) is 0 Å². The van der Waals surface area contributed by atoms with E-state index in [0.29, 0.717) is 24.6 Å². The number of nitrogens with one attached hydrogen (secondary N) is 1. The van der Waals surface area contributed by atoms with Gasteiger partial charge in [-0.05, 0) is 73.2 Å². The minimum atomic E-state index is -4.63. The van der Waals surface area contributed by atoms with Crippen molar-refractivity contribution in [2.75, 3.05) is 16.8 Å². The highest BCUT2D eigenvalue weighted by atomic mass is 35.5. The van der Waals surface area contributed by atoms with E-state index in [2.05, 4.69) is 5.32 Å². The van der Waals surface area contributed by atoms with E-state index in [-0.39, 0.29) is 39.9 Å². The van der Waals surface area contributed by atoms with Gasteiger partial charge in [0.15, 0.2) is 6.61 Å². The summed E-state index contributed by atoms with van der Waals surface area (Å²) in [6, 6.07) is 18.0. The summed E-state index contributed by atoms with van der Waals surface area (Å²) in [6.45, 7) is -0.776. The van der Waals surface area contributed by atoms with Crippen molar-refractivity contribution >= 4 is 46.7 Å². The van der Waals surface area contributed by atoms with E-state index in [1.54, 1.807) is 0 Å². The number of rotatable bonds is 6. The lowest BCUT2D eigenvalue weighted by Crippen LogP contribution is -2.30. The molecule has 2 aliphatic rings. The van der Waals surface area contributed by atoms with Gasteiger partial charge in [-0.1, -0.05) is 41.9 Å². The van der Waals surface area contributed by atoms with Crippen LogP contribution in [0.15, 0.2) is 72.8 Å². The molecule has 1 N–H and O–H groups in total. The second-order valence-corrected chi connectivity index (χ2v) is 10.4. The minimum Gasteiger partial charge on any atom is -0.452 e. The fourth-order valence-electron chi connectivity index (χ4n) is 5.41. The number of esters is 1. The molecule has 1 saturated heterocycles. The predicted octanol–water partition coefficient (Wildman–Crippen LogP) is 6.23. The molecule has 1 heterocycles. The fraction of sp³-hybridized carbons (Fsp3) is 0.267. The van der Waals surface area contributed by atoms with Crippen LogP contribution in [0.2, 0.25) is 5.02 Å². The number of carbonyl (C=O) groups is 4. The molecule has 3 atom stereocenters. The Labute approximate surface area is 238 Å². The van der Waals surface area contributed by atoms with Crippen molar-refractivity contribution < 1.29 is 37.1 Å². The number of hydrogen-bond acceptors (Lipinski definition) is 5. The van der Waals surface area contributed by atoms with Gasteiger partial charge in [0, 0.05) is 0 Å². The number of benzene rings is 3. The first-order valence-corrected chi connectivity index (χ1v) is 13.3. The lowest BCUT2D eigenvalue weighted by molar-refractivity contribution is -0.137. The Bertz CT molecular complexity index is 1490. The molecule has 1 aliphatic heterocycles. The standard InChI is InChI=1S/C30H24ClF3N2O5/c31-24-13-9-20(30(32,33)34)15-25(24)35-26(37)16-41-29(40)18-6-10-21(11-7-18)36-27(38)22-12-8-19(14-23(22)28(36)39)17-4-2-1-3-5-17/h1-7,9-11,13,15,19,22-23H,8,12,14,16H2,(H,35,37)/t19-,22+,23+/m0/s1. The fourth-order valence-corrected chi connectivity index (χ4v) is 5.57. The number of halogens is 4. The molecule has 3 amide bonds. The molecule has 3 aromatic rings. The van der Waals surface area contributed by atoms with Gasteiger partial charge in [0.25, 0.3) is 5.91 Å².